The number of rotatable bonds is 3. The second-order valence-corrected chi connectivity index (χ2v) is 4.20. The Labute approximate surface area is 108 Å². The average Bonchev–Trinajstić information content (AvgIpc) is 2.97. The summed E-state index contributed by atoms with van der Waals surface area (Å²) in [4.78, 5) is 4.06. The molecule has 0 aliphatic rings. The number of imidazole rings is 1. The lowest BCUT2D eigenvalue weighted by Crippen LogP contribution is -2.10. The first-order valence-corrected chi connectivity index (χ1v) is 5.97. The highest BCUT2D eigenvalue weighted by molar-refractivity contribution is 5.78. The molecule has 2 heterocycles. The van der Waals surface area contributed by atoms with Crippen molar-refractivity contribution in [3.05, 3.63) is 36.2 Å². The molecule has 3 rings (SSSR count). The van der Waals surface area contributed by atoms with E-state index < -0.39 is 0 Å². The van der Waals surface area contributed by atoms with Crippen molar-refractivity contribution in [3.63, 3.8) is 0 Å². The van der Waals surface area contributed by atoms with Crippen LogP contribution in [0, 0.1) is 5.82 Å². The van der Waals surface area contributed by atoms with Crippen LogP contribution in [0.25, 0.3) is 11.0 Å². The highest BCUT2D eigenvalue weighted by Gasteiger charge is 2.13. The molecule has 0 saturated carbocycles. The van der Waals surface area contributed by atoms with Crippen molar-refractivity contribution in [2.45, 2.75) is 20.0 Å². The Balaban J connectivity index is 2.10. The number of hydrogen-bond donors (Lipinski definition) is 1. The van der Waals surface area contributed by atoms with E-state index in [-0.39, 0.29) is 17.3 Å². The Morgan fingerprint density at radius 1 is 1.37 bits per heavy atom. The van der Waals surface area contributed by atoms with Gasteiger partial charge in [-0.1, -0.05) is 6.07 Å². The standard InChI is InChI=1S/C12H13FN6/c1-2-18-7-15-17-10(18)6-19-9-5-3-4-8(13)11(9)16-12(19)14/h3-5,7H,2,6H2,1H3,(H2,14,16). The Kier molecular flexibility index (Phi) is 2.66. The van der Waals surface area contributed by atoms with Gasteiger partial charge in [0.2, 0.25) is 5.95 Å². The quantitative estimate of drug-likeness (QED) is 0.772. The van der Waals surface area contributed by atoms with Gasteiger partial charge in [-0.05, 0) is 19.1 Å². The lowest BCUT2D eigenvalue weighted by atomic mass is 10.3. The lowest BCUT2D eigenvalue weighted by Gasteiger charge is -2.07. The van der Waals surface area contributed by atoms with Crippen LogP contribution in [0.4, 0.5) is 10.3 Å². The van der Waals surface area contributed by atoms with Gasteiger partial charge in [0.25, 0.3) is 0 Å². The molecule has 19 heavy (non-hydrogen) atoms. The van der Waals surface area contributed by atoms with E-state index in [9.17, 15) is 4.39 Å². The van der Waals surface area contributed by atoms with Crippen LogP contribution in [0.15, 0.2) is 24.5 Å². The molecule has 0 aliphatic carbocycles. The van der Waals surface area contributed by atoms with Crippen molar-refractivity contribution in [2.75, 3.05) is 5.73 Å². The third-order valence-electron chi connectivity index (χ3n) is 3.10. The number of nitrogen functional groups attached to an aromatic ring is 1. The van der Waals surface area contributed by atoms with Gasteiger partial charge in [0.15, 0.2) is 11.6 Å². The van der Waals surface area contributed by atoms with Gasteiger partial charge in [-0.15, -0.1) is 10.2 Å². The van der Waals surface area contributed by atoms with Crippen LogP contribution < -0.4 is 5.73 Å². The van der Waals surface area contributed by atoms with E-state index in [1.165, 1.54) is 6.07 Å². The van der Waals surface area contributed by atoms with Crippen molar-refractivity contribution < 1.29 is 4.39 Å². The van der Waals surface area contributed by atoms with Crippen LogP contribution in [0.3, 0.4) is 0 Å². The number of nitrogens with zero attached hydrogens (tertiary/aromatic N) is 5. The number of para-hydroxylation sites is 1. The van der Waals surface area contributed by atoms with E-state index in [4.69, 9.17) is 5.73 Å². The minimum atomic E-state index is -0.375. The Bertz CT molecular complexity index is 729. The van der Waals surface area contributed by atoms with Gasteiger partial charge in [-0.2, -0.15) is 0 Å². The van der Waals surface area contributed by atoms with Gasteiger partial charge in [0.05, 0.1) is 12.1 Å². The molecule has 2 N–H and O–H groups in total. The monoisotopic (exact) mass is 260 g/mol. The van der Waals surface area contributed by atoms with Crippen LogP contribution in [0.2, 0.25) is 0 Å². The number of anilines is 1. The summed E-state index contributed by atoms with van der Waals surface area (Å²) in [6, 6.07) is 4.79. The summed E-state index contributed by atoms with van der Waals surface area (Å²) in [7, 11) is 0. The molecule has 0 radical (unpaired) electrons. The summed E-state index contributed by atoms with van der Waals surface area (Å²) in [5.74, 6) is 0.656. The summed E-state index contributed by atoms with van der Waals surface area (Å²) >= 11 is 0. The number of nitrogens with two attached hydrogens (primary N) is 1. The predicted molar refractivity (Wildman–Crippen MR) is 68.9 cm³/mol. The molecule has 0 aliphatic heterocycles. The van der Waals surface area contributed by atoms with E-state index in [0.29, 0.717) is 12.1 Å². The zero-order chi connectivity index (χ0) is 13.4. The molecule has 3 aromatic rings. The maximum atomic E-state index is 13.6. The molecule has 0 saturated heterocycles. The van der Waals surface area contributed by atoms with Crippen molar-refractivity contribution >= 4 is 17.0 Å². The molecular weight excluding hydrogens is 247 g/mol. The molecule has 2 aromatic heterocycles. The molecule has 1 aromatic carbocycles. The summed E-state index contributed by atoms with van der Waals surface area (Å²) < 4.78 is 17.3. The molecule has 0 spiro atoms. The largest absolute Gasteiger partial charge is 0.369 e. The first-order valence-electron chi connectivity index (χ1n) is 5.97. The van der Waals surface area contributed by atoms with E-state index in [2.05, 4.69) is 15.2 Å². The highest BCUT2D eigenvalue weighted by atomic mass is 19.1. The highest BCUT2D eigenvalue weighted by Crippen LogP contribution is 2.21. The normalized spacial score (nSPS) is 11.3. The van der Waals surface area contributed by atoms with Crippen LogP contribution in [0.5, 0.6) is 0 Å². The van der Waals surface area contributed by atoms with Crippen molar-refractivity contribution in [3.8, 4) is 0 Å². The first-order chi connectivity index (χ1) is 9.20. The van der Waals surface area contributed by atoms with E-state index in [1.54, 1.807) is 23.0 Å². The smallest absolute Gasteiger partial charge is 0.201 e. The predicted octanol–water partition coefficient (Wildman–Crippen LogP) is 1.42. The number of benzene rings is 1. The van der Waals surface area contributed by atoms with Gasteiger partial charge in [-0.25, -0.2) is 9.37 Å². The number of aromatic nitrogens is 5. The summed E-state index contributed by atoms with van der Waals surface area (Å²) in [5.41, 5.74) is 6.79. The van der Waals surface area contributed by atoms with Crippen molar-refractivity contribution in [2.24, 2.45) is 0 Å². The summed E-state index contributed by atoms with van der Waals surface area (Å²) in [6.07, 6.45) is 1.66. The molecule has 0 amide bonds. The second kappa shape index (κ2) is 4.34. The molecule has 7 heteroatoms. The van der Waals surface area contributed by atoms with Gasteiger partial charge in [-0.3, -0.25) is 0 Å². The number of fused-ring (bicyclic) bond motifs is 1. The molecular formula is C12H13FN6. The van der Waals surface area contributed by atoms with E-state index >= 15 is 0 Å². The van der Waals surface area contributed by atoms with E-state index in [1.807, 2.05) is 11.5 Å². The maximum absolute atomic E-state index is 13.6. The molecule has 0 fully saturated rings. The third-order valence-corrected chi connectivity index (χ3v) is 3.10. The Morgan fingerprint density at radius 3 is 3.00 bits per heavy atom. The Hall–Kier alpha value is -2.44. The molecule has 0 bridgehead atoms. The summed E-state index contributed by atoms with van der Waals surface area (Å²) in [6.45, 7) is 3.19. The molecule has 6 nitrogen and oxygen atoms in total. The van der Waals surface area contributed by atoms with Gasteiger partial charge in [0.1, 0.15) is 11.8 Å². The lowest BCUT2D eigenvalue weighted by molar-refractivity contribution is 0.637. The van der Waals surface area contributed by atoms with Crippen molar-refractivity contribution in [1.29, 1.82) is 0 Å². The van der Waals surface area contributed by atoms with Gasteiger partial charge >= 0.3 is 0 Å². The molecule has 0 unspecified atom stereocenters. The second-order valence-electron chi connectivity index (χ2n) is 4.20. The third kappa shape index (κ3) is 1.83. The summed E-state index contributed by atoms with van der Waals surface area (Å²) in [5, 5.41) is 7.91. The fraction of sp³-hybridized carbons (Fsp3) is 0.250. The van der Waals surface area contributed by atoms with E-state index in [0.717, 1.165) is 12.4 Å². The zero-order valence-electron chi connectivity index (χ0n) is 10.4. The fourth-order valence-corrected chi connectivity index (χ4v) is 2.10. The minimum Gasteiger partial charge on any atom is -0.369 e. The average molecular weight is 260 g/mol. The maximum Gasteiger partial charge on any atom is 0.201 e. The van der Waals surface area contributed by atoms with Gasteiger partial charge in [0, 0.05) is 6.54 Å². The topological polar surface area (TPSA) is 74.5 Å². The van der Waals surface area contributed by atoms with Crippen LogP contribution in [-0.4, -0.2) is 24.3 Å². The van der Waals surface area contributed by atoms with Crippen LogP contribution >= 0.6 is 0 Å². The van der Waals surface area contributed by atoms with Gasteiger partial charge < -0.3 is 14.9 Å². The zero-order valence-corrected chi connectivity index (χ0v) is 10.4. The number of aryl methyl sites for hydroxylation is 1. The number of halogens is 1. The first kappa shape index (κ1) is 11.6. The minimum absolute atomic E-state index is 0.269. The van der Waals surface area contributed by atoms with Crippen LogP contribution in [-0.2, 0) is 13.1 Å². The fourth-order valence-electron chi connectivity index (χ4n) is 2.10. The molecule has 0 atom stereocenters. The molecule has 98 valence electrons. The van der Waals surface area contributed by atoms with Crippen LogP contribution in [0.1, 0.15) is 12.7 Å². The Morgan fingerprint density at radius 2 is 2.21 bits per heavy atom. The SMILES string of the molecule is CCn1cnnc1Cn1c(N)nc2c(F)cccc21. The number of hydrogen-bond acceptors (Lipinski definition) is 4. The van der Waals surface area contributed by atoms with Crippen molar-refractivity contribution in [1.82, 2.24) is 24.3 Å².